The molecule has 0 saturated heterocycles. The molecule has 0 fully saturated rings. The summed E-state index contributed by atoms with van der Waals surface area (Å²) >= 11 is 0. The first-order valence-corrected chi connectivity index (χ1v) is 7.37. The first-order valence-electron chi connectivity index (χ1n) is 2.62. The molecule has 0 aliphatic carbocycles. The molecule has 0 spiro atoms. The van der Waals surface area contributed by atoms with Gasteiger partial charge in [-0.05, 0) is 5.66 Å². The zero-order chi connectivity index (χ0) is 7.49. The van der Waals surface area contributed by atoms with E-state index in [9.17, 15) is 0 Å². The van der Waals surface area contributed by atoms with Crippen molar-refractivity contribution in [3.63, 3.8) is 0 Å². The van der Waals surface area contributed by atoms with Gasteiger partial charge in [0.2, 0.25) is 0 Å². The molecular weight excluding hydrogens is 151 g/mol. The van der Waals surface area contributed by atoms with E-state index in [4.69, 9.17) is 9.79 Å². The zero-order valence-electron chi connectivity index (χ0n) is 5.84. The van der Waals surface area contributed by atoms with Crippen LogP contribution in [-0.2, 0) is 0 Å². The van der Waals surface area contributed by atoms with E-state index in [2.05, 4.69) is 30.8 Å². The normalized spacial score (nSPS) is 10.9. The largest absolute Gasteiger partial charge is 0.340 e. The van der Waals surface area contributed by atoms with Crippen LogP contribution in [-0.4, -0.2) is 17.9 Å². The molecule has 0 atom stereocenters. The monoisotopic (exact) mass is 162 g/mol. The minimum atomic E-state index is -1.99. The second-order valence-electron chi connectivity index (χ2n) is 2.78. The Kier molecular flexibility index (Phi) is 3.38. The number of hydrogen-bond acceptors (Lipinski definition) is 2. The summed E-state index contributed by atoms with van der Waals surface area (Å²) in [7, 11) is -3.38. The van der Waals surface area contributed by atoms with E-state index >= 15 is 0 Å². The zero-order valence-corrected chi connectivity index (χ0v) is 7.74. The Morgan fingerprint density at radius 3 is 1.78 bits per heavy atom. The van der Waals surface area contributed by atoms with Gasteiger partial charge in [-0.3, -0.25) is 0 Å². The fourth-order valence-corrected chi connectivity index (χ4v) is 1.96. The van der Waals surface area contributed by atoms with Crippen molar-refractivity contribution >= 4 is 16.4 Å². The molecular formula is C5H11O2PSi. The Morgan fingerprint density at radius 2 is 1.67 bits per heavy atom. The Balaban J connectivity index is 3.88. The Hall–Kier alpha value is 0.127. The van der Waals surface area contributed by atoms with Crippen LogP contribution in [0.3, 0.4) is 0 Å². The standard InChI is InChI=1S/C5H11O2PSi/c1-9(2,3)5-4-8(6)7/h6-7H,1-3H3. The Labute approximate surface area is 57.8 Å². The van der Waals surface area contributed by atoms with Gasteiger partial charge >= 0.3 is 0 Å². The lowest BCUT2D eigenvalue weighted by Crippen LogP contribution is -2.16. The van der Waals surface area contributed by atoms with Crippen molar-refractivity contribution in [1.29, 1.82) is 0 Å². The molecule has 2 nitrogen and oxygen atoms in total. The smallest absolute Gasteiger partial charge is 0.250 e. The van der Waals surface area contributed by atoms with Crippen LogP contribution < -0.4 is 0 Å². The van der Waals surface area contributed by atoms with Crippen molar-refractivity contribution in [3.8, 4) is 11.2 Å². The maximum Gasteiger partial charge on any atom is 0.250 e. The van der Waals surface area contributed by atoms with Gasteiger partial charge in [-0.15, -0.1) is 5.54 Å². The van der Waals surface area contributed by atoms with Crippen LogP contribution in [0.15, 0.2) is 0 Å². The second-order valence-corrected chi connectivity index (χ2v) is 8.33. The lowest BCUT2D eigenvalue weighted by Gasteiger charge is -2.02. The van der Waals surface area contributed by atoms with Crippen molar-refractivity contribution in [2.45, 2.75) is 19.6 Å². The van der Waals surface area contributed by atoms with Crippen LogP contribution in [0, 0.1) is 11.2 Å². The molecule has 0 heterocycles. The topological polar surface area (TPSA) is 40.5 Å². The summed E-state index contributed by atoms with van der Waals surface area (Å²) in [6.45, 7) is 6.16. The third-order valence-corrected chi connectivity index (χ3v) is 1.93. The highest BCUT2D eigenvalue weighted by atomic mass is 31.2. The molecule has 9 heavy (non-hydrogen) atoms. The van der Waals surface area contributed by atoms with E-state index < -0.39 is 16.4 Å². The first-order chi connectivity index (χ1) is 3.92. The van der Waals surface area contributed by atoms with E-state index in [1.807, 2.05) is 0 Å². The van der Waals surface area contributed by atoms with Gasteiger partial charge in [0.1, 0.15) is 8.07 Å². The quantitative estimate of drug-likeness (QED) is 0.318. The van der Waals surface area contributed by atoms with Crippen molar-refractivity contribution in [2.75, 3.05) is 0 Å². The summed E-state index contributed by atoms with van der Waals surface area (Å²) in [5.41, 5.74) is 5.21. The van der Waals surface area contributed by atoms with Gasteiger partial charge in [0.25, 0.3) is 8.38 Å². The molecule has 4 heteroatoms. The molecule has 0 aromatic heterocycles. The summed E-state index contributed by atoms with van der Waals surface area (Å²) in [4.78, 5) is 16.8. The molecule has 0 saturated carbocycles. The van der Waals surface area contributed by atoms with Gasteiger partial charge in [0.05, 0.1) is 0 Å². The van der Waals surface area contributed by atoms with Gasteiger partial charge in [0, 0.05) is 0 Å². The van der Waals surface area contributed by atoms with Crippen LogP contribution in [0.1, 0.15) is 0 Å². The predicted octanol–water partition coefficient (Wildman–Crippen LogP) is 1.12. The third kappa shape index (κ3) is 8.13. The maximum absolute atomic E-state index is 8.38. The van der Waals surface area contributed by atoms with Crippen LogP contribution in [0.4, 0.5) is 0 Å². The summed E-state index contributed by atoms with van der Waals surface area (Å²) in [6, 6.07) is 0. The molecule has 0 unspecified atom stereocenters. The summed E-state index contributed by atoms with van der Waals surface area (Å²) in [5.74, 6) is 0. The molecule has 0 radical (unpaired) electrons. The lowest BCUT2D eigenvalue weighted by atomic mass is 11.4. The maximum atomic E-state index is 8.38. The summed E-state index contributed by atoms with van der Waals surface area (Å²) in [5, 5.41) is 0. The average molecular weight is 162 g/mol. The highest BCUT2D eigenvalue weighted by Gasteiger charge is 2.07. The number of hydrogen-bond donors (Lipinski definition) is 2. The molecule has 2 N–H and O–H groups in total. The second kappa shape index (κ2) is 3.33. The highest BCUT2D eigenvalue weighted by molar-refractivity contribution is 7.51. The lowest BCUT2D eigenvalue weighted by molar-refractivity contribution is 0.498. The van der Waals surface area contributed by atoms with Crippen LogP contribution in [0.2, 0.25) is 19.6 Å². The molecule has 0 bridgehead atoms. The SMILES string of the molecule is C[Si](C)(C)C#CP(O)O. The summed E-state index contributed by atoms with van der Waals surface area (Å²) in [6.07, 6.45) is 0. The van der Waals surface area contributed by atoms with Gasteiger partial charge < -0.3 is 9.79 Å². The van der Waals surface area contributed by atoms with Crippen LogP contribution in [0.5, 0.6) is 0 Å². The van der Waals surface area contributed by atoms with Crippen molar-refractivity contribution in [1.82, 2.24) is 0 Å². The molecule has 0 aliphatic heterocycles. The predicted molar refractivity (Wildman–Crippen MR) is 42.5 cm³/mol. The van der Waals surface area contributed by atoms with Crippen molar-refractivity contribution in [3.05, 3.63) is 0 Å². The highest BCUT2D eigenvalue weighted by Crippen LogP contribution is 2.19. The van der Waals surface area contributed by atoms with Crippen LogP contribution >= 0.6 is 8.38 Å². The molecule has 0 rings (SSSR count). The summed E-state index contributed by atoms with van der Waals surface area (Å²) < 4.78 is 0. The Morgan fingerprint density at radius 1 is 1.22 bits per heavy atom. The van der Waals surface area contributed by atoms with Gasteiger partial charge in [-0.1, -0.05) is 19.6 Å². The van der Waals surface area contributed by atoms with Gasteiger partial charge in [-0.2, -0.15) is 0 Å². The minimum absolute atomic E-state index is 1.38. The first kappa shape index (κ1) is 9.13. The van der Waals surface area contributed by atoms with Crippen molar-refractivity contribution in [2.24, 2.45) is 0 Å². The molecule has 0 aromatic rings. The minimum Gasteiger partial charge on any atom is -0.340 e. The fraction of sp³-hybridized carbons (Fsp3) is 0.600. The van der Waals surface area contributed by atoms with Gasteiger partial charge in [0.15, 0.2) is 0 Å². The van der Waals surface area contributed by atoms with E-state index in [0.717, 1.165) is 0 Å². The fourth-order valence-electron chi connectivity index (χ4n) is 0.218. The molecule has 0 aromatic carbocycles. The van der Waals surface area contributed by atoms with E-state index in [-0.39, 0.29) is 0 Å². The van der Waals surface area contributed by atoms with E-state index in [1.165, 1.54) is 0 Å². The molecule has 0 amide bonds. The van der Waals surface area contributed by atoms with Crippen molar-refractivity contribution < 1.29 is 9.79 Å². The Bertz CT molecular complexity index is 139. The van der Waals surface area contributed by atoms with Crippen LogP contribution in [0.25, 0.3) is 0 Å². The van der Waals surface area contributed by atoms with E-state index in [0.29, 0.717) is 0 Å². The van der Waals surface area contributed by atoms with E-state index in [1.54, 1.807) is 0 Å². The van der Waals surface area contributed by atoms with Gasteiger partial charge in [-0.25, -0.2) is 0 Å². The number of rotatable bonds is 0. The molecule has 52 valence electrons. The third-order valence-electron chi connectivity index (χ3n) is 0.531. The molecule has 0 aliphatic rings. The average Bonchev–Trinajstić information content (AvgIpc) is 1.59.